The van der Waals surface area contributed by atoms with E-state index in [1.807, 2.05) is 0 Å². The lowest BCUT2D eigenvalue weighted by Crippen LogP contribution is -2.10. The normalized spacial score (nSPS) is 12.0. The Morgan fingerprint density at radius 3 is 2.44 bits per heavy atom. The molecule has 0 bridgehead atoms. The maximum absolute atomic E-state index is 11.3. The number of nitrogens with one attached hydrogen (secondary N) is 1. The van der Waals surface area contributed by atoms with Crippen LogP contribution < -0.4 is 0 Å². The fourth-order valence-electron chi connectivity index (χ4n) is 3.89. The third-order valence-corrected chi connectivity index (χ3v) is 6.66. The van der Waals surface area contributed by atoms with Crippen molar-refractivity contribution in [3.8, 4) is 27.6 Å². The number of phenolic OH excluding ortho intramolecular Hbond substituents is 1. The van der Waals surface area contributed by atoms with Crippen LogP contribution in [0.5, 0.6) is 5.75 Å². The predicted molar refractivity (Wildman–Crippen MR) is 130 cm³/mol. The Hall–Kier alpha value is -3.64. The molecule has 0 aliphatic heterocycles. The molecule has 6 heteroatoms. The molecular formula is C26H22N2O3S. The van der Waals surface area contributed by atoms with Crippen molar-refractivity contribution in [2.75, 3.05) is 0 Å². The summed E-state index contributed by atoms with van der Waals surface area (Å²) in [6, 6.07) is 17.1. The van der Waals surface area contributed by atoms with Crippen molar-refractivity contribution in [3.63, 3.8) is 0 Å². The van der Waals surface area contributed by atoms with Gasteiger partial charge in [-0.1, -0.05) is 51.1 Å². The highest BCUT2D eigenvalue weighted by Gasteiger charge is 2.16. The topological polar surface area (TPSA) is 86.2 Å². The standard InChI is InChI=1S/C26H22N2O3S/c1-26(2,3)18-7-4-14(5-8-18)17-12-21(32-13-17)24-27-22-19-9-6-15(25(30)31)10-16(19)11-20(29)23(22)28-24/h4-13,29H,1-3H3,(H,27,28)(H,30,31). The highest BCUT2D eigenvalue weighted by molar-refractivity contribution is 7.13. The first-order chi connectivity index (χ1) is 15.2. The van der Waals surface area contributed by atoms with E-state index < -0.39 is 5.97 Å². The largest absolute Gasteiger partial charge is 0.506 e. The molecule has 3 aromatic carbocycles. The molecule has 0 aliphatic rings. The molecule has 160 valence electrons. The minimum absolute atomic E-state index is 0.0448. The quantitative estimate of drug-likeness (QED) is 0.286. The number of carboxylic acids is 1. The first-order valence-electron chi connectivity index (χ1n) is 10.3. The number of aromatic nitrogens is 2. The molecule has 0 amide bonds. The zero-order valence-corrected chi connectivity index (χ0v) is 18.7. The highest BCUT2D eigenvalue weighted by atomic mass is 32.1. The van der Waals surface area contributed by atoms with E-state index >= 15 is 0 Å². The third-order valence-electron chi connectivity index (χ3n) is 5.72. The number of benzene rings is 3. The monoisotopic (exact) mass is 442 g/mol. The van der Waals surface area contributed by atoms with E-state index in [0.29, 0.717) is 22.2 Å². The number of carbonyl (C=O) groups is 1. The number of imidazole rings is 1. The summed E-state index contributed by atoms with van der Waals surface area (Å²) >= 11 is 1.59. The minimum Gasteiger partial charge on any atom is -0.506 e. The first-order valence-corrected chi connectivity index (χ1v) is 11.2. The van der Waals surface area contributed by atoms with Gasteiger partial charge in [-0.3, -0.25) is 0 Å². The van der Waals surface area contributed by atoms with Crippen molar-refractivity contribution >= 4 is 39.1 Å². The zero-order chi connectivity index (χ0) is 22.6. The van der Waals surface area contributed by atoms with Crippen LogP contribution >= 0.6 is 11.3 Å². The Balaban J connectivity index is 1.56. The lowest BCUT2D eigenvalue weighted by molar-refractivity contribution is 0.0697. The Labute approximate surface area is 189 Å². The van der Waals surface area contributed by atoms with Crippen LogP contribution in [0.4, 0.5) is 0 Å². The Kier molecular flexibility index (Phi) is 4.57. The number of rotatable bonds is 3. The van der Waals surface area contributed by atoms with E-state index in [1.54, 1.807) is 35.6 Å². The zero-order valence-electron chi connectivity index (χ0n) is 17.9. The average molecular weight is 443 g/mol. The maximum atomic E-state index is 11.3. The molecule has 5 nitrogen and oxygen atoms in total. The van der Waals surface area contributed by atoms with Crippen LogP contribution in [0.3, 0.4) is 0 Å². The third kappa shape index (κ3) is 3.42. The SMILES string of the molecule is CC(C)(C)c1ccc(-c2csc(-c3nc4c([nH]3)c(O)cc3cc(C(=O)O)ccc34)c2)cc1. The second-order valence-corrected chi connectivity index (χ2v) is 9.88. The fourth-order valence-corrected chi connectivity index (χ4v) is 4.76. The van der Waals surface area contributed by atoms with E-state index in [9.17, 15) is 15.0 Å². The predicted octanol–water partition coefficient (Wildman–Crippen LogP) is 6.81. The van der Waals surface area contributed by atoms with Gasteiger partial charge < -0.3 is 15.2 Å². The van der Waals surface area contributed by atoms with Crippen molar-refractivity contribution in [1.82, 2.24) is 9.97 Å². The Bertz CT molecular complexity index is 1490. The number of aromatic hydroxyl groups is 1. The molecule has 0 saturated carbocycles. The Morgan fingerprint density at radius 1 is 1.00 bits per heavy atom. The molecule has 0 aliphatic carbocycles. The van der Waals surface area contributed by atoms with Gasteiger partial charge in [0, 0.05) is 5.39 Å². The van der Waals surface area contributed by atoms with Gasteiger partial charge in [0.15, 0.2) is 0 Å². The number of fused-ring (bicyclic) bond motifs is 3. The summed E-state index contributed by atoms with van der Waals surface area (Å²) in [5.74, 6) is -0.285. The molecule has 0 spiro atoms. The molecule has 2 aromatic heterocycles. The van der Waals surface area contributed by atoms with Crippen LogP contribution in [0.25, 0.3) is 43.6 Å². The molecule has 0 radical (unpaired) electrons. The summed E-state index contributed by atoms with van der Waals surface area (Å²) < 4.78 is 0. The summed E-state index contributed by atoms with van der Waals surface area (Å²) in [6.45, 7) is 6.61. The number of carboxylic acid groups (broad SMARTS) is 1. The average Bonchev–Trinajstić information content (AvgIpc) is 3.41. The van der Waals surface area contributed by atoms with Crippen LogP contribution in [0, 0.1) is 0 Å². The van der Waals surface area contributed by atoms with Crippen molar-refractivity contribution in [2.45, 2.75) is 26.2 Å². The van der Waals surface area contributed by atoms with E-state index in [2.05, 4.69) is 61.5 Å². The summed E-state index contributed by atoms with van der Waals surface area (Å²) in [4.78, 5) is 20.2. The maximum Gasteiger partial charge on any atom is 0.335 e. The second-order valence-electron chi connectivity index (χ2n) is 8.97. The van der Waals surface area contributed by atoms with E-state index in [0.717, 1.165) is 21.4 Å². The van der Waals surface area contributed by atoms with Crippen LogP contribution in [-0.4, -0.2) is 26.2 Å². The summed E-state index contributed by atoms with van der Waals surface area (Å²) in [5, 5.41) is 23.3. The summed E-state index contributed by atoms with van der Waals surface area (Å²) in [5.41, 5.74) is 5.01. The number of H-pyrrole nitrogens is 1. The van der Waals surface area contributed by atoms with Crippen LogP contribution in [-0.2, 0) is 5.41 Å². The van der Waals surface area contributed by atoms with E-state index in [1.165, 1.54) is 5.56 Å². The second kappa shape index (κ2) is 7.21. The number of nitrogens with zero attached hydrogens (tertiary/aromatic N) is 1. The molecule has 5 rings (SSSR count). The number of hydrogen-bond donors (Lipinski definition) is 3. The van der Waals surface area contributed by atoms with Crippen molar-refractivity contribution < 1.29 is 15.0 Å². The molecule has 0 saturated heterocycles. The molecule has 0 atom stereocenters. The van der Waals surface area contributed by atoms with Crippen LogP contribution in [0.15, 0.2) is 60.0 Å². The molecule has 0 fully saturated rings. The van der Waals surface area contributed by atoms with Gasteiger partial charge in [0.25, 0.3) is 0 Å². The number of aromatic carboxylic acids is 1. The molecule has 32 heavy (non-hydrogen) atoms. The lowest BCUT2D eigenvalue weighted by atomic mass is 9.86. The number of thiophene rings is 1. The number of aromatic amines is 1. The summed E-state index contributed by atoms with van der Waals surface area (Å²) in [7, 11) is 0. The number of hydrogen-bond acceptors (Lipinski definition) is 4. The molecule has 5 aromatic rings. The molecule has 3 N–H and O–H groups in total. The van der Waals surface area contributed by atoms with Gasteiger partial charge in [0.1, 0.15) is 22.6 Å². The smallest absolute Gasteiger partial charge is 0.335 e. The molecule has 2 heterocycles. The van der Waals surface area contributed by atoms with Crippen molar-refractivity contribution in [2.24, 2.45) is 0 Å². The lowest BCUT2D eigenvalue weighted by Gasteiger charge is -2.19. The fraction of sp³-hybridized carbons (Fsp3) is 0.154. The van der Waals surface area contributed by atoms with Gasteiger partial charge in [-0.2, -0.15) is 0 Å². The highest BCUT2D eigenvalue weighted by Crippen LogP contribution is 2.37. The molecule has 0 unspecified atom stereocenters. The minimum atomic E-state index is -1.00. The molecular weight excluding hydrogens is 420 g/mol. The van der Waals surface area contributed by atoms with E-state index in [-0.39, 0.29) is 16.7 Å². The van der Waals surface area contributed by atoms with Gasteiger partial charge >= 0.3 is 5.97 Å². The van der Waals surface area contributed by atoms with E-state index in [4.69, 9.17) is 4.98 Å². The van der Waals surface area contributed by atoms with Gasteiger partial charge in [0.05, 0.1) is 10.4 Å². The first kappa shape index (κ1) is 20.3. The van der Waals surface area contributed by atoms with Crippen molar-refractivity contribution in [3.05, 3.63) is 71.1 Å². The van der Waals surface area contributed by atoms with Gasteiger partial charge in [-0.05, 0) is 57.1 Å². The van der Waals surface area contributed by atoms with Crippen LogP contribution in [0.2, 0.25) is 0 Å². The Morgan fingerprint density at radius 2 is 1.75 bits per heavy atom. The van der Waals surface area contributed by atoms with Crippen LogP contribution in [0.1, 0.15) is 36.7 Å². The number of phenols is 1. The van der Waals surface area contributed by atoms with Gasteiger partial charge in [0.2, 0.25) is 0 Å². The summed E-state index contributed by atoms with van der Waals surface area (Å²) in [6.07, 6.45) is 0. The van der Waals surface area contributed by atoms with Crippen molar-refractivity contribution in [1.29, 1.82) is 0 Å². The van der Waals surface area contributed by atoms with Gasteiger partial charge in [-0.25, -0.2) is 9.78 Å². The van der Waals surface area contributed by atoms with Gasteiger partial charge in [-0.15, -0.1) is 11.3 Å².